The number of guanidine groups is 1. The Morgan fingerprint density at radius 1 is 1.61 bits per heavy atom. The van der Waals surface area contributed by atoms with Crippen LogP contribution in [0, 0.1) is 0 Å². The molecular weight excluding hydrogens is 254 g/mol. The molecule has 1 atom stereocenters. The molecule has 1 aromatic rings. The predicted molar refractivity (Wildman–Crippen MR) is 72.6 cm³/mol. The number of halogens is 1. The molecule has 1 aromatic heterocycles. The highest BCUT2D eigenvalue weighted by Crippen LogP contribution is 2.19. The first-order chi connectivity index (χ1) is 8.45. The van der Waals surface area contributed by atoms with E-state index >= 15 is 0 Å². The molecule has 1 heterocycles. The molecule has 6 heteroatoms. The zero-order chi connectivity index (χ0) is 13.6. The number of aliphatic hydroxyl groups is 1. The van der Waals surface area contributed by atoms with Gasteiger partial charge in [0.25, 0.3) is 0 Å². The summed E-state index contributed by atoms with van der Waals surface area (Å²) < 4.78 is 5.18. The number of nitrogens with one attached hydrogen (secondary N) is 2. The molecule has 1 unspecified atom stereocenters. The minimum absolute atomic E-state index is 0.259. The number of aliphatic imine (C=N–C) groups is 1. The molecule has 0 fully saturated rings. The summed E-state index contributed by atoms with van der Waals surface area (Å²) in [7, 11) is 1.63. The summed E-state index contributed by atoms with van der Waals surface area (Å²) in [6.45, 7) is 5.89. The van der Waals surface area contributed by atoms with Gasteiger partial charge in [0.2, 0.25) is 0 Å². The van der Waals surface area contributed by atoms with E-state index in [1.165, 1.54) is 6.26 Å². The molecule has 5 nitrogen and oxygen atoms in total. The van der Waals surface area contributed by atoms with Crippen molar-refractivity contribution >= 4 is 17.6 Å². The topological polar surface area (TPSA) is 69.8 Å². The van der Waals surface area contributed by atoms with Crippen molar-refractivity contribution in [1.29, 1.82) is 0 Å². The Balaban J connectivity index is 2.50. The van der Waals surface area contributed by atoms with Crippen LogP contribution >= 0.6 is 11.6 Å². The normalized spacial score (nSPS) is 15.0. The molecule has 0 aliphatic carbocycles. The Morgan fingerprint density at radius 3 is 2.83 bits per heavy atom. The first kappa shape index (κ1) is 14.6. The minimum atomic E-state index is -1.11. The Morgan fingerprint density at radius 2 is 2.33 bits per heavy atom. The number of hydrogen-bond acceptors (Lipinski definition) is 3. The number of nitrogens with zero attached hydrogens (tertiary/aromatic N) is 1. The Kier molecular flexibility index (Phi) is 5.25. The van der Waals surface area contributed by atoms with Crippen LogP contribution < -0.4 is 10.6 Å². The van der Waals surface area contributed by atoms with E-state index in [0.717, 1.165) is 0 Å². The first-order valence-electron chi connectivity index (χ1n) is 5.50. The Bertz CT molecular complexity index is 413. The zero-order valence-corrected chi connectivity index (χ0v) is 11.3. The van der Waals surface area contributed by atoms with Crippen LogP contribution in [0.2, 0.25) is 0 Å². The van der Waals surface area contributed by atoms with Crippen molar-refractivity contribution in [2.24, 2.45) is 4.99 Å². The lowest BCUT2D eigenvalue weighted by Gasteiger charge is -2.22. The van der Waals surface area contributed by atoms with Crippen molar-refractivity contribution in [3.05, 3.63) is 35.8 Å². The Labute approximate surface area is 112 Å². The highest BCUT2D eigenvalue weighted by molar-refractivity contribution is 6.29. The summed E-state index contributed by atoms with van der Waals surface area (Å²) in [6.07, 6.45) is 1.52. The van der Waals surface area contributed by atoms with Crippen molar-refractivity contribution in [2.45, 2.75) is 12.5 Å². The largest absolute Gasteiger partial charge is 0.466 e. The van der Waals surface area contributed by atoms with Crippen molar-refractivity contribution in [1.82, 2.24) is 10.6 Å². The lowest BCUT2D eigenvalue weighted by Crippen LogP contribution is -2.44. The van der Waals surface area contributed by atoms with E-state index in [2.05, 4.69) is 22.2 Å². The van der Waals surface area contributed by atoms with Gasteiger partial charge in [-0.2, -0.15) is 0 Å². The SMILES string of the molecule is C=C(Cl)CNC(=NC)NCC(C)(O)c1ccco1. The maximum Gasteiger partial charge on any atom is 0.191 e. The van der Waals surface area contributed by atoms with E-state index in [1.54, 1.807) is 26.1 Å². The van der Waals surface area contributed by atoms with Crippen LogP contribution in [0.4, 0.5) is 0 Å². The highest BCUT2D eigenvalue weighted by atomic mass is 35.5. The van der Waals surface area contributed by atoms with Crippen LogP contribution in [0.3, 0.4) is 0 Å². The zero-order valence-electron chi connectivity index (χ0n) is 10.5. The molecule has 0 aromatic carbocycles. The molecule has 0 aliphatic rings. The smallest absolute Gasteiger partial charge is 0.191 e. The quantitative estimate of drug-likeness (QED) is 0.559. The minimum Gasteiger partial charge on any atom is -0.466 e. The van der Waals surface area contributed by atoms with Crippen LogP contribution in [0.5, 0.6) is 0 Å². The van der Waals surface area contributed by atoms with Gasteiger partial charge >= 0.3 is 0 Å². The fourth-order valence-electron chi connectivity index (χ4n) is 1.33. The van der Waals surface area contributed by atoms with Gasteiger partial charge in [0.1, 0.15) is 11.4 Å². The third-order valence-corrected chi connectivity index (χ3v) is 2.46. The molecule has 0 bridgehead atoms. The van der Waals surface area contributed by atoms with Gasteiger partial charge in [-0.25, -0.2) is 0 Å². The number of hydrogen-bond donors (Lipinski definition) is 3. The first-order valence-corrected chi connectivity index (χ1v) is 5.87. The average molecular weight is 272 g/mol. The number of rotatable bonds is 5. The van der Waals surface area contributed by atoms with Crippen molar-refractivity contribution in [2.75, 3.05) is 20.1 Å². The van der Waals surface area contributed by atoms with Crippen molar-refractivity contribution in [3.63, 3.8) is 0 Å². The van der Waals surface area contributed by atoms with Crippen LogP contribution in [-0.4, -0.2) is 31.2 Å². The number of furan rings is 1. The molecule has 0 radical (unpaired) electrons. The molecule has 1 rings (SSSR count). The second-order valence-electron chi connectivity index (χ2n) is 4.05. The fraction of sp³-hybridized carbons (Fsp3) is 0.417. The monoisotopic (exact) mass is 271 g/mol. The van der Waals surface area contributed by atoms with Crippen LogP contribution in [0.1, 0.15) is 12.7 Å². The molecule has 100 valence electrons. The molecule has 0 spiro atoms. The summed E-state index contributed by atoms with van der Waals surface area (Å²) >= 11 is 5.65. The van der Waals surface area contributed by atoms with Gasteiger partial charge in [-0.1, -0.05) is 18.2 Å². The molecule has 0 aliphatic heterocycles. The average Bonchev–Trinajstić information content (AvgIpc) is 2.83. The summed E-state index contributed by atoms with van der Waals surface area (Å²) in [5, 5.41) is 16.6. The van der Waals surface area contributed by atoms with E-state index in [1.807, 2.05) is 0 Å². The molecule has 18 heavy (non-hydrogen) atoms. The van der Waals surface area contributed by atoms with E-state index in [9.17, 15) is 5.11 Å². The van der Waals surface area contributed by atoms with Crippen LogP contribution in [0.25, 0.3) is 0 Å². The van der Waals surface area contributed by atoms with E-state index in [0.29, 0.717) is 23.3 Å². The summed E-state index contributed by atoms with van der Waals surface area (Å²) in [6, 6.07) is 3.45. The van der Waals surface area contributed by atoms with E-state index in [4.69, 9.17) is 16.0 Å². The van der Waals surface area contributed by atoms with Crippen LogP contribution in [0.15, 0.2) is 39.4 Å². The second kappa shape index (κ2) is 6.47. The molecule has 0 saturated heterocycles. The van der Waals surface area contributed by atoms with E-state index in [-0.39, 0.29) is 6.54 Å². The molecule has 0 amide bonds. The predicted octanol–water partition coefficient (Wildman–Crippen LogP) is 1.40. The van der Waals surface area contributed by atoms with E-state index < -0.39 is 5.60 Å². The third-order valence-electron chi connectivity index (χ3n) is 2.32. The van der Waals surface area contributed by atoms with Crippen molar-refractivity contribution < 1.29 is 9.52 Å². The molecule has 0 saturated carbocycles. The van der Waals surface area contributed by atoms with Gasteiger partial charge < -0.3 is 20.2 Å². The maximum atomic E-state index is 10.2. The summed E-state index contributed by atoms with van der Waals surface area (Å²) in [4.78, 5) is 4.00. The van der Waals surface area contributed by atoms with Gasteiger partial charge in [-0.15, -0.1) is 0 Å². The van der Waals surface area contributed by atoms with Gasteiger partial charge in [0.05, 0.1) is 19.4 Å². The molecule has 3 N–H and O–H groups in total. The van der Waals surface area contributed by atoms with Gasteiger partial charge in [0, 0.05) is 12.1 Å². The molecular formula is C12H18ClN3O2. The summed E-state index contributed by atoms with van der Waals surface area (Å²) in [5.41, 5.74) is -1.11. The van der Waals surface area contributed by atoms with Crippen LogP contribution in [-0.2, 0) is 5.60 Å². The third kappa shape index (κ3) is 4.43. The second-order valence-corrected chi connectivity index (χ2v) is 4.58. The Hall–Kier alpha value is -1.46. The lowest BCUT2D eigenvalue weighted by molar-refractivity contribution is 0.0386. The van der Waals surface area contributed by atoms with Gasteiger partial charge in [0.15, 0.2) is 5.96 Å². The lowest BCUT2D eigenvalue weighted by atomic mass is 10.0. The highest BCUT2D eigenvalue weighted by Gasteiger charge is 2.26. The van der Waals surface area contributed by atoms with Crippen molar-refractivity contribution in [3.8, 4) is 0 Å². The standard InChI is InChI=1S/C12H18ClN3O2/c1-9(13)7-15-11(14-3)16-8-12(2,17)10-5-4-6-18-10/h4-6,17H,1,7-8H2,2-3H3,(H2,14,15,16). The fourth-order valence-corrected chi connectivity index (χ4v) is 1.40. The van der Waals surface area contributed by atoms with Gasteiger partial charge in [-0.05, 0) is 19.1 Å². The summed E-state index contributed by atoms with van der Waals surface area (Å²) in [5.74, 6) is 1.02. The maximum absolute atomic E-state index is 10.2. The van der Waals surface area contributed by atoms with Gasteiger partial charge in [-0.3, -0.25) is 4.99 Å².